The number of halogens is 5. The molecule has 2 aromatic heterocycles. The molecule has 7 N–H and O–H groups in total. The lowest BCUT2D eigenvalue weighted by atomic mass is 9.71. The Bertz CT molecular complexity index is 1450. The van der Waals surface area contributed by atoms with Crippen LogP contribution in [0.1, 0.15) is 69.5 Å². The largest absolute Gasteiger partial charge is 0.399 e. The number of fused-ring (bicyclic) bond motifs is 3. The zero-order valence-corrected chi connectivity index (χ0v) is 21.5. The van der Waals surface area contributed by atoms with Gasteiger partial charge in [0.1, 0.15) is 11.4 Å². The van der Waals surface area contributed by atoms with Crippen LogP contribution >= 0.6 is 0 Å². The molecular formula is C25H27F5N7O3+. The molecule has 2 unspecified atom stereocenters. The topological polar surface area (TPSA) is 148 Å². The average Bonchev–Trinajstić information content (AvgIpc) is 3.44. The van der Waals surface area contributed by atoms with Crippen molar-refractivity contribution in [2.45, 2.75) is 56.5 Å². The molecule has 0 saturated heterocycles. The van der Waals surface area contributed by atoms with E-state index in [1.165, 1.54) is 18.5 Å². The second kappa shape index (κ2) is 9.57. The number of anilines is 1. The molecule has 0 radical (unpaired) electrons. The highest BCUT2D eigenvalue weighted by Gasteiger charge is 2.60. The zero-order chi connectivity index (χ0) is 29.1. The lowest BCUT2D eigenvalue weighted by Crippen LogP contribution is -2.88. The monoisotopic (exact) mass is 568 g/mol. The van der Waals surface area contributed by atoms with Crippen molar-refractivity contribution in [1.29, 1.82) is 0 Å². The second-order valence-electron chi connectivity index (χ2n) is 10.4. The highest BCUT2D eigenvalue weighted by Crippen LogP contribution is 2.54. The number of aromatic nitrogens is 2. The molecule has 2 atom stereocenters. The quantitative estimate of drug-likeness (QED) is 0.102. The van der Waals surface area contributed by atoms with Crippen molar-refractivity contribution in [2.75, 3.05) is 12.4 Å². The lowest BCUT2D eigenvalue weighted by molar-refractivity contribution is -0.676. The molecule has 5 rings (SSSR count). The van der Waals surface area contributed by atoms with Gasteiger partial charge in [-0.2, -0.15) is 0 Å². The molecule has 2 amide bonds. The Morgan fingerprint density at radius 1 is 1.27 bits per heavy atom. The molecule has 0 aromatic carbocycles. The van der Waals surface area contributed by atoms with Gasteiger partial charge in [-0.1, -0.05) is 0 Å². The van der Waals surface area contributed by atoms with E-state index >= 15 is 0 Å². The van der Waals surface area contributed by atoms with Gasteiger partial charge >= 0.3 is 0 Å². The van der Waals surface area contributed by atoms with Gasteiger partial charge in [0, 0.05) is 30.8 Å². The number of alkyl halides is 4. The molecule has 0 spiro atoms. The number of ketones is 1. The number of carbonyl (C=O) groups is 3. The van der Waals surface area contributed by atoms with Crippen molar-refractivity contribution in [3.8, 4) is 0 Å². The molecule has 1 aliphatic heterocycles. The number of quaternary nitrogens is 1. The molecule has 40 heavy (non-hydrogen) atoms. The normalized spacial score (nSPS) is 21.8. The number of rotatable bonds is 9. The van der Waals surface area contributed by atoms with E-state index in [2.05, 4.69) is 21.0 Å². The zero-order valence-electron chi connectivity index (χ0n) is 21.5. The van der Waals surface area contributed by atoms with Crippen LogP contribution < -0.4 is 27.2 Å². The van der Waals surface area contributed by atoms with Crippen molar-refractivity contribution < 1.29 is 41.8 Å². The lowest BCUT2D eigenvalue weighted by Gasteiger charge is -2.47. The van der Waals surface area contributed by atoms with E-state index in [4.69, 9.17) is 5.73 Å². The first kappa shape index (κ1) is 27.6. The number of nitrogens with two attached hydrogens (primary N) is 2. The first-order valence-electron chi connectivity index (χ1n) is 12.5. The first-order valence-corrected chi connectivity index (χ1v) is 12.5. The van der Waals surface area contributed by atoms with Crippen LogP contribution in [0.15, 0.2) is 24.2 Å². The minimum absolute atomic E-state index is 0.0158. The Labute approximate surface area is 224 Å². The van der Waals surface area contributed by atoms with Gasteiger partial charge in [0.25, 0.3) is 29.9 Å². The fourth-order valence-electron chi connectivity index (χ4n) is 5.72. The number of amides is 2. The Kier molecular flexibility index (Phi) is 6.59. The molecule has 214 valence electrons. The predicted molar refractivity (Wildman–Crippen MR) is 130 cm³/mol. The van der Waals surface area contributed by atoms with E-state index in [9.17, 15) is 36.3 Å². The van der Waals surface area contributed by atoms with Crippen molar-refractivity contribution in [1.82, 2.24) is 20.3 Å². The molecule has 3 aliphatic rings. The van der Waals surface area contributed by atoms with Gasteiger partial charge in [0.05, 0.1) is 35.7 Å². The van der Waals surface area contributed by atoms with Crippen molar-refractivity contribution >= 4 is 23.3 Å². The fourth-order valence-corrected chi connectivity index (χ4v) is 5.72. The smallest absolute Gasteiger partial charge is 0.293 e. The van der Waals surface area contributed by atoms with Crippen LogP contribution in [-0.4, -0.2) is 45.7 Å². The fraction of sp³-hybridized carbons (Fsp3) is 0.440. The molecule has 2 fully saturated rings. The number of hydrogen-bond donors (Lipinski definition) is 5. The number of nitrogens with one attached hydrogen (secondary N) is 3. The molecule has 3 heterocycles. The van der Waals surface area contributed by atoms with Gasteiger partial charge in [0.2, 0.25) is 0 Å². The van der Waals surface area contributed by atoms with Gasteiger partial charge < -0.3 is 20.9 Å². The summed E-state index contributed by atoms with van der Waals surface area (Å²) in [5.41, 5.74) is 7.27. The Morgan fingerprint density at radius 3 is 2.60 bits per heavy atom. The third-order valence-electron chi connectivity index (χ3n) is 7.67. The van der Waals surface area contributed by atoms with Gasteiger partial charge in [-0.15, -0.1) is 0 Å². The predicted octanol–water partition coefficient (Wildman–Crippen LogP) is 1.60. The molecule has 2 aliphatic carbocycles. The Hall–Kier alpha value is -4.01. The van der Waals surface area contributed by atoms with Gasteiger partial charge in [0.15, 0.2) is 5.82 Å². The van der Waals surface area contributed by atoms with Crippen LogP contribution in [0.25, 0.3) is 0 Å². The highest BCUT2D eigenvalue weighted by molar-refractivity contribution is 6.44. The minimum atomic E-state index is -3.20. The summed E-state index contributed by atoms with van der Waals surface area (Å²) in [7, 11) is 1.64. The highest BCUT2D eigenvalue weighted by atomic mass is 19.3. The van der Waals surface area contributed by atoms with Crippen LogP contribution in [0.2, 0.25) is 0 Å². The number of Topliss-reactive ketones (excluding diaryl/α,β-unsaturated/α-hetero) is 1. The number of carbonyl (C=O) groups excluding carboxylic acids is 3. The van der Waals surface area contributed by atoms with Crippen LogP contribution in [0, 0.1) is 18.7 Å². The Balaban J connectivity index is 1.45. The van der Waals surface area contributed by atoms with Crippen molar-refractivity contribution in [3.63, 3.8) is 0 Å². The summed E-state index contributed by atoms with van der Waals surface area (Å²) in [6, 6.07) is 0.906. The summed E-state index contributed by atoms with van der Waals surface area (Å²) in [5, 5.41) is 4.66. The molecular weight excluding hydrogens is 541 g/mol. The third kappa shape index (κ3) is 4.47. The minimum Gasteiger partial charge on any atom is -0.399 e. The SMILES string of the molecule is C[NH2+]NC=C(N)C1(NC(=O)C(=O)c2c(C)c(C(=O)Nc3ccnc(C(F)F)c3F)n3c2CC2CC23)CC(F)(F)C1. The van der Waals surface area contributed by atoms with Crippen LogP contribution in [0.5, 0.6) is 0 Å². The Morgan fingerprint density at radius 2 is 1.98 bits per heavy atom. The van der Waals surface area contributed by atoms with Gasteiger partial charge in [-0.3, -0.25) is 19.4 Å². The van der Waals surface area contributed by atoms with E-state index < -0.39 is 65.5 Å². The summed E-state index contributed by atoms with van der Waals surface area (Å²) in [4.78, 5) is 43.2. The van der Waals surface area contributed by atoms with Gasteiger partial charge in [-0.05, 0) is 37.3 Å². The van der Waals surface area contributed by atoms with Crippen LogP contribution in [-0.2, 0) is 11.2 Å². The maximum atomic E-state index is 14.5. The molecule has 0 bridgehead atoms. The van der Waals surface area contributed by atoms with E-state index in [-0.39, 0.29) is 34.5 Å². The summed E-state index contributed by atoms with van der Waals surface area (Å²) in [6.07, 6.45) is -1.49. The maximum absolute atomic E-state index is 14.5. The second-order valence-corrected chi connectivity index (χ2v) is 10.4. The molecule has 2 saturated carbocycles. The van der Waals surface area contributed by atoms with Crippen molar-refractivity contribution in [3.05, 3.63) is 58.2 Å². The summed E-state index contributed by atoms with van der Waals surface area (Å²) in [5.74, 6) is -7.41. The molecule has 2 aromatic rings. The summed E-state index contributed by atoms with van der Waals surface area (Å²) >= 11 is 0. The van der Waals surface area contributed by atoms with E-state index in [0.29, 0.717) is 12.1 Å². The average molecular weight is 569 g/mol. The maximum Gasteiger partial charge on any atom is 0.293 e. The van der Waals surface area contributed by atoms with E-state index in [0.717, 1.165) is 18.7 Å². The number of hydrogen-bond acceptors (Lipinski definition) is 6. The van der Waals surface area contributed by atoms with Crippen molar-refractivity contribution in [2.24, 2.45) is 11.7 Å². The number of pyridine rings is 1. The first-order chi connectivity index (χ1) is 18.8. The van der Waals surface area contributed by atoms with Crippen LogP contribution in [0.3, 0.4) is 0 Å². The van der Waals surface area contributed by atoms with E-state index in [1.807, 2.05) is 0 Å². The van der Waals surface area contributed by atoms with Gasteiger partial charge in [-0.25, -0.2) is 32.8 Å². The standard InChI is InChI=1S/C25H26F5N7O3/c1-10-16(20(38)23(40)36-24(8-25(29,30)9-24)15(31)7-34-32-2)14-6-11-5-13(11)37(14)19(10)22(39)35-12-3-4-33-18(17(12)26)21(27)28/h3-4,7,11,13,21,32,34H,5-6,8-9,31H2,1-2H3,(H,36,40)(H,33,35,39)/p+1. The van der Waals surface area contributed by atoms with Crippen LogP contribution in [0.4, 0.5) is 27.6 Å². The molecule has 15 heteroatoms. The number of nitrogens with zero attached hydrogens (tertiary/aromatic N) is 2. The summed E-state index contributed by atoms with van der Waals surface area (Å²) < 4.78 is 70.1. The summed E-state index contributed by atoms with van der Waals surface area (Å²) in [6.45, 7) is 1.44. The third-order valence-corrected chi connectivity index (χ3v) is 7.67. The van der Waals surface area contributed by atoms with E-state index in [1.54, 1.807) is 11.6 Å². The molecule has 10 nitrogen and oxygen atoms in total.